The summed E-state index contributed by atoms with van der Waals surface area (Å²) in [6.45, 7) is 0. The molecule has 0 unspecified atom stereocenters. The Bertz CT molecular complexity index is 1230. The number of ketones is 1. The van der Waals surface area contributed by atoms with Crippen molar-refractivity contribution in [3.05, 3.63) is 65.0 Å². The van der Waals surface area contributed by atoms with Crippen LogP contribution in [0.5, 0.6) is 0 Å². The predicted molar refractivity (Wildman–Crippen MR) is 130 cm³/mol. The second-order valence-electron chi connectivity index (χ2n) is 7.24. The van der Waals surface area contributed by atoms with E-state index in [1.165, 1.54) is 29.5 Å². The standard InChI is InChI=1S/C23H20N4O4S2/c1-32-10-9-17(21(30)27-23-26-18(12-33-23)13-5-3-2-4-6-13)25-20(29)14-7-8-16-15(11-14)19(28)22(31)24-16/h2-8,11-12,17H,9-10H2,1H3,(H,25,29)(H,24,28,31)(H,26,27,30)/t17-/m0/s1. The number of aromatic nitrogens is 1. The minimum atomic E-state index is -0.794. The number of nitrogens with zero attached hydrogens (tertiary/aromatic N) is 1. The van der Waals surface area contributed by atoms with Crippen molar-refractivity contribution in [1.82, 2.24) is 10.3 Å². The Morgan fingerprint density at radius 1 is 1.15 bits per heavy atom. The molecule has 1 aliphatic heterocycles. The molecule has 3 N–H and O–H groups in total. The minimum absolute atomic E-state index is 0.147. The van der Waals surface area contributed by atoms with Gasteiger partial charge in [0.15, 0.2) is 5.13 Å². The van der Waals surface area contributed by atoms with E-state index >= 15 is 0 Å². The summed E-state index contributed by atoms with van der Waals surface area (Å²) in [7, 11) is 0. The maximum atomic E-state index is 12.9. The molecular weight excluding hydrogens is 460 g/mol. The SMILES string of the molecule is CSCC[C@H](NC(=O)c1ccc2c(c1)C(=O)C(=O)N2)C(=O)Nc1nc(-c2ccccc2)cs1. The molecule has 3 amide bonds. The van der Waals surface area contributed by atoms with Gasteiger partial charge in [-0.3, -0.25) is 19.2 Å². The van der Waals surface area contributed by atoms with Gasteiger partial charge in [0.1, 0.15) is 6.04 Å². The van der Waals surface area contributed by atoms with Crippen LogP contribution in [0, 0.1) is 0 Å². The molecule has 1 aromatic heterocycles. The average molecular weight is 481 g/mol. The maximum Gasteiger partial charge on any atom is 0.296 e. The Hall–Kier alpha value is -3.50. The zero-order chi connectivity index (χ0) is 23.4. The Morgan fingerprint density at radius 3 is 2.70 bits per heavy atom. The fourth-order valence-corrected chi connectivity index (χ4v) is 4.49. The van der Waals surface area contributed by atoms with Crippen molar-refractivity contribution in [2.75, 3.05) is 22.6 Å². The Labute approximate surface area is 198 Å². The first-order chi connectivity index (χ1) is 16.0. The highest BCUT2D eigenvalue weighted by Gasteiger charge is 2.29. The number of hydrogen-bond acceptors (Lipinski definition) is 7. The van der Waals surface area contributed by atoms with Crippen LogP contribution in [0.1, 0.15) is 27.1 Å². The van der Waals surface area contributed by atoms with E-state index in [2.05, 4.69) is 20.9 Å². The van der Waals surface area contributed by atoms with Gasteiger partial charge in [-0.1, -0.05) is 30.3 Å². The van der Waals surface area contributed by atoms with Crippen LogP contribution in [0.15, 0.2) is 53.9 Å². The zero-order valence-electron chi connectivity index (χ0n) is 17.6. The number of carbonyl (C=O) groups is 4. The zero-order valence-corrected chi connectivity index (χ0v) is 19.2. The third-order valence-corrected chi connectivity index (χ3v) is 6.42. The van der Waals surface area contributed by atoms with E-state index in [4.69, 9.17) is 0 Å². The molecule has 168 valence electrons. The number of nitrogens with one attached hydrogen (secondary N) is 3. The first-order valence-corrected chi connectivity index (χ1v) is 12.3. The number of anilines is 2. The number of rotatable bonds is 8. The molecule has 10 heteroatoms. The second-order valence-corrected chi connectivity index (χ2v) is 9.09. The van der Waals surface area contributed by atoms with E-state index in [0.29, 0.717) is 23.0 Å². The number of fused-ring (bicyclic) bond motifs is 1. The summed E-state index contributed by atoms with van der Waals surface area (Å²) in [5.41, 5.74) is 2.42. The highest BCUT2D eigenvalue weighted by atomic mass is 32.2. The Morgan fingerprint density at radius 2 is 1.94 bits per heavy atom. The van der Waals surface area contributed by atoms with Crippen molar-refractivity contribution >= 4 is 57.4 Å². The lowest BCUT2D eigenvalue weighted by atomic mass is 10.1. The van der Waals surface area contributed by atoms with Crippen molar-refractivity contribution in [2.24, 2.45) is 0 Å². The van der Waals surface area contributed by atoms with Gasteiger partial charge in [0.2, 0.25) is 5.91 Å². The molecule has 0 saturated carbocycles. The van der Waals surface area contributed by atoms with Gasteiger partial charge in [0.05, 0.1) is 16.9 Å². The number of thioether (sulfide) groups is 1. The number of carbonyl (C=O) groups excluding carboxylic acids is 4. The molecule has 8 nitrogen and oxygen atoms in total. The highest BCUT2D eigenvalue weighted by molar-refractivity contribution is 7.98. The summed E-state index contributed by atoms with van der Waals surface area (Å²) in [6.07, 6.45) is 2.33. The lowest BCUT2D eigenvalue weighted by Gasteiger charge is -2.17. The first-order valence-electron chi connectivity index (χ1n) is 10.1. The molecule has 0 bridgehead atoms. The van der Waals surface area contributed by atoms with Crippen LogP contribution in [0.25, 0.3) is 11.3 Å². The Kier molecular flexibility index (Phi) is 6.85. The van der Waals surface area contributed by atoms with Crippen LogP contribution in [-0.2, 0) is 9.59 Å². The lowest BCUT2D eigenvalue weighted by Crippen LogP contribution is -2.44. The van der Waals surface area contributed by atoms with E-state index in [1.54, 1.807) is 11.8 Å². The van der Waals surface area contributed by atoms with Gasteiger partial charge < -0.3 is 16.0 Å². The van der Waals surface area contributed by atoms with Crippen molar-refractivity contribution in [2.45, 2.75) is 12.5 Å². The van der Waals surface area contributed by atoms with Gasteiger partial charge in [-0.05, 0) is 36.6 Å². The third-order valence-electron chi connectivity index (χ3n) is 5.02. The topological polar surface area (TPSA) is 117 Å². The van der Waals surface area contributed by atoms with Crippen molar-refractivity contribution in [3.63, 3.8) is 0 Å². The lowest BCUT2D eigenvalue weighted by molar-refractivity contribution is -0.118. The van der Waals surface area contributed by atoms with Crippen molar-refractivity contribution in [3.8, 4) is 11.3 Å². The van der Waals surface area contributed by atoms with Gasteiger partial charge in [-0.15, -0.1) is 11.3 Å². The summed E-state index contributed by atoms with van der Waals surface area (Å²) >= 11 is 2.87. The average Bonchev–Trinajstić information content (AvgIpc) is 3.41. The number of benzene rings is 2. The summed E-state index contributed by atoms with van der Waals surface area (Å²) < 4.78 is 0. The number of thiazole rings is 1. The second kappa shape index (κ2) is 9.97. The molecule has 33 heavy (non-hydrogen) atoms. The van der Waals surface area contributed by atoms with E-state index in [1.807, 2.05) is 42.0 Å². The monoisotopic (exact) mass is 480 g/mol. The van der Waals surface area contributed by atoms with Crippen LogP contribution in [0.3, 0.4) is 0 Å². The van der Waals surface area contributed by atoms with Gasteiger partial charge in [-0.2, -0.15) is 11.8 Å². The normalized spacial score (nSPS) is 13.2. The molecule has 3 aromatic rings. The molecule has 1 atom stereocenters. The molecule has 0 aliphatic carbocycles. The predicted octanol–water partition coefficient (Wildman–Crippen LogP) is 3.44. The third kappa shape index (κ3) is 5.12. The van der Waals surface area contributed by atoms with Gasteiger partial charge in [0.25, 0.3) is 17.6 Å². The summed E-state index contributed by atoms with van der Waals surface area (Å²) in [6, 6.07) is 13.2. The highest BCUT2D eigenvalue weighted by Crippen LogP contribution is 2.26. The number of hydrogen-bond donors (Lipinski definition) is 3. The molecule has 0 radical (unpaired) electrons. The van der Waals surface area contributed by atoms with Crippen LogP contribution in [0.4, 0.5) is 10.8 Å². The van der Waals surface area contributed by atoms with Crippen LogP contribution >= 0.6 is 23.1 Å². The fourth-order valence-electron chi connectivity index (χ4n) is 3.29. The van der Waals surface area contributed by atoms with E-state index in [0.717, 1.165) is 11.3 Å². The Balaban J connectivity index is 1.46. The molecule has 1 aliphatic rings. The molecular formula is C23H20N4O4S2. The molecule has 0 saturated heterocycles. The van der Waals surface area contributed by atoms with Gasteiger partial charge >= 0.3 is 0 Å². The molecule has 4 rings (SSSR count). The summed E-state index contributed by atoms with van der Waals surface area (Å²) in [4.78, 5) is 53.7. The van der Waals surface area contributed by atoms with Crippen molar-refractivity contribution in [1.29, 1.82) is 0 Å². The quantitative estimate of drug-likeness (QED) is 0.425. The number of amides is 3. The van der Waals surface area contributed by atoms with E-state index in [9.17, 15) is 19.2 Å². The molecule has 0 spiro atoms. The fraction of sp³-hybridized carbons (Fsp3) is 0.174. The van der Waals surface area contributed by atoms with E-state index < -0.39 is 23.6 Å². The van der Waals surface area contributed by atoms with Crippen LogP contribution in [0.2, 0.25) is 0 Å². The largest absolute Gasteiger partial charge is 0.340 e. The smallest absolute Gasteiger partial charge is 0.296 e. The summed E-state index contributed by atoms with van der Waals surface area (Å²) in [5.74, 6) is -1.63. The van der Waals surface area contributed by atoms with Gasteiger partial charge in [-0.25, -0.2) is 4.98 Å². The first kappa shape index (κ1) is 22.7. The molecule has 2 aromatic carbocycles. The summed E-state index contributed by atoms with van der Waals surface area (Å²) in [5, 5.41) is 10.3. The van der Waals surface area contributed by atoms with Crippen LogP contribution < -0.4 is 16.0 Å². The van der Waals surface area contributed by atoms with Crippen molar-refractivity contribution < 1.29 is 19.2 Å². The van der Waals surface area contributed by atoms with E-state index in [-0.39, 0.29) is 17.0 Å². The molecule has 2 heterocycles. The number of Topliss-reactive ketones (excluding diaryl/α,β-unsaturated/α-hetero) is 1. The van der Waals surface area contributed by atoms with Crippen LogP contribution in [-0.4, -0.2) is 46.5 Å². The molecule has 0 fully saturated rings. The minimum Gasteiger partial charge on any atom is -0.340 e. The maximum absolute atomic E-state index is 12.9. The van der Waals surface area contributed by atoms with Gasteiger partial charge in [0, 0.05) is 16.5 Å².